The molecule has 0 saturated carbocycles. The molecule has 0 bridgehead atoms. The largest absolute Gasteiger partial charge is 0.448 e. The van der Waals surface area contributed by atoms with E-state index in [1.165, 1.54) is 21.8 Å². The highest BCUT2D eigenvalue weighted by Gasteiger charge is 2.23. The Kier molecular flexibility index (Phi) is 4.68. The van der Waals surface area contributed by atoms with Crippen LogP contribution in [0.15, 0.2) is 30.3 Å². The zero-order chi connectivity index (χ0) is 16.4. The number of carbonyl (C=O) groups excluding carboxylic acids is 2. The third-order valence-corrected chi connectivity index (χ3v) is 5.15. The first kappa shape index (κ1) is 16.0. The van der Waals surface area contributed by atoms with Crippen LogP contribution in [0.5, 0.6) is 0 Å². The highest BCUT2D eigenvalue weighted by molar-refractivity contribution is 7.14. The van der Waals surface area contributed by atoms with Crippen LogP contribution in [0.2, 0.25) is 5.02 Å². The Balaban J connectivity index is 1.60. The Bertz CT molecular complexity index is 735. The van der Waals surface area contributed by atoms with E-state index in [9.17, 15) is 9.59 Å². The van der Waals surface area contributed by atoms with Gasteiger partial charge in [0.15, 0.2) is 6.10 Å². The first-order valence-electron chi connectivity index (χ1n) is 7.42. The van der Waals surface area contributed by atoms with Crippen molar-refractivity contribution in [2.24, 2.45) is 0 Å². The second-order valence-corrected chi connectivity index (χ2v) is 7.03. The van der Waals surface area contributed by atoms with Crippen LogP contribution < -0.4 is 5.32 Å². The summed E-state index contributed by atoms with van der Waals surface area (Å²) >= 11 is 7.34. The van der Waals surface area contributed by atoms with E-state index in [-0.39, 0.29) is 5.91 Å². The van der Waals surface area contributed by atoms with Gasteiger partial charge in [-0.25, -0.2) is 4.79 Å². The molecule has 0 aliphatic heterocycles. The number of esters is 1. The molecule has 0 spiro atoms. The normalized spacial score (nSPS) is 14.2. The highest BCUT2D eigenvalue weighted by Crippen LogP contribution is 2.31. The molecule has 1 heterocycles. The molecule has 0 saturated heterocycles. The van der Waals surface area contributed by atoms with Gasteiger partial charge < -0.3 is 10.1 Å². The van der Waals surface area contributed by atoms with Crippen LogP contribution >= 0.6 is 22.9 Å². The predicted octanol–water partition coefficient (Wildman–Crippen LogP) is 4.07. The summed E-state index contributed by atoms with van der Waals surface area (Å²) in [6.45, 7) is 1.55. The summed E-state index contributed by atoms with van der Waals surface area (Å²) in [6.07, 6.45) is 2.31. The third kappa shape index (κ3) is 3.74. The molecule has 4 nitrogen and oxygen atoms in total. The van der Waals surface area contributed by atoms with Crippen LogP contribution in [-0.4, -0.2) is 18.0 Å². The summed E-state index contributed by atoms with van der Waals surface area (Å²) in [6, 6.07) is 8.70. The number of benzene rings is 1. The van der Waals surface area contributed by atoms with Gasteiger partial charge in [0.25, 0.3) is 5.91 Å². The maximum Gasteiger partial charge on any atom is 0.349 e. The molecule has 1 aliphatic carbocycles. The first-order valence-corrected chi connectivity index (χ1v) is 8.61. The first-order chi connectivity index (χ1) is 11.0. The Morgan fingerprint density at radius 1 is 1.30 bits per heavy atom. The number of thiophene rings is 1. The van der Waals surface area contributed by atoms with Crippen molar-refractivity contribution in [1.29, 1.82) is 0 Å². The second kappa shape index (κ2) is 6.72. The van der Waals surface area contributed by atoms with Crippen molar-refractivity contribution in [1.82, 2.24) is 0 Å². The molecular weight excluding hydrogens is 334 g/mol. The molecule has 1 aromatic heterocycles. The number of halogens is 1. The average molecular weight is 350 g/mol. The van der Waals surface area contributed by atoms with Gasteiger partial charge in [0, 0.05) is 15.6 Å². The molecular formula is C17H16ClNO3S. The van der Waals surface area contributed by atoms with Crippen molar-refractivity contribution in [3.05, 3.63) is 50.7 Å². The number of nitrogens with one attached hydrogen (secondary N) is 1. The van der Waals surface area contributed by atoms with Crippen LogP contribution in [0.3, 0.4) is 0 Å². The third-order valence-electron chi connectivity index (χ3n) is 3.69. The molecule has 1 aromatic carbocycles. The summed E-state index contributed by atoms with van der Waals surface area (Å²) in [5.74, 6) is -0.831. The lowest BCUT2D eigenvalue weighted by molar-refractivity contribution is -0.123. The quantitative estimate of drug-likeness (QED) is 0.846. The van der Waals surface area contributed by atoms with Gasteiger partial charge in [0.1, 0.15) is 4.88 Å². The van der Waals surface area contributed by atoms with Gasteiger partial charge >= 0.3 is 5.97 Å². The topological polar surface area (TPSA) is 55.4 Å². The molecule has 1 atom stereocenters. The maximum absolute atomic E-state index is 12.2. The van der Waals surface area contributed by atoms with E-state index in [0.29, 0.717) is 15.6 Å². The number of anilines is 1. The van der Waals surface area contributed by atoms with Crippen molar-refractivity contribution in [3.8, 4) is 0 Å². The molecule has 1 aliphatic rings. The Hall–Kier alpha value is -1.85. The van der Waals surface area contributed by atoms with Crippen molar-refractivity contribution >= 4 is 40.5 Å². The Morgan fingerprint density at radius 3 is 2.87 bits per heavy atom. The van der Waals surface area contributed by atoms with E-state index in [1.807, 2.05) is 6.07 Å². The lowest BCUT2D eigenvalue weighted by Gasteiger charge is -2.13. The highest BCUT2D eigenvalue weighted by atomic mass is 35.5. The van der Waals surface area contributed by atoms with E-state index < -0.39 is 12.1 Å². The molecule has 3 rings (SSSR count). The van der Waals surface area contributed by atoms with Gasteiger partial charge in [-0.2, -0.15) is 0 Å². The average Bonchev–Trinajstić information content (AvgIpc) is 3.08. The van der Waals surface area contributed by atoms with E-state index in [1.54, 1.807) is 31.2 Å². The van der Waals surface area contributed by atoms with E-state index >= 15 is 0 Å². The van der Waals surface area contributed by atoms with E-state index in [4.69, 9.17) is 16.3 Å². The zero-order valence-corrected chi connectivity index (χ0v) is 14.2. The zero-order valence-electron chi connectivity index (χ0n) is 12.6. The molecule has 6 heteroatoms. The molecule has 23 heavy (non-hydrogen) atoms. The number of hydrogen-bond donors (Lipinski definition) is 1. The van der Waals surface area contributed by atoms with Crippen LogP contribution in [-0.2, 0) is 22.4 Å². The number of aryl methyl sites for hydroxylation is 2. The van der Waals surface area contributed by atoms with Crippen molar-refractivity contribution in [2.45, 2.75) is 32.3 Å². The van der Waals surface area contributed by atoms with E-state index in [2.05, 4.69) is 5.32 Å². The van der Waals surface area contributed by atoms with Crippen LogP contribution in [0.4, 0.5) is 5.69 Å². The monoisotopic (exact) mass is 349 g/mol. The minimum atomic E-state index is -0.876. The number of rotatable bonds is 4. The Labute approximate surface area is 143 Å². The number of hydrogen-bond acceptors (Lipinski definition) is 4. The summed E-state index contributed by atoms with van der Waals surface area (Å²) < 4.78 is 5.26. The lowest BCUT2D eigenvalue weighted by Crippen LogP contribution is -2.29. The van der Waals surface area contributed by atoms with Crippen molar-refractivity contribution in [2.75, 3.05) is 5.32 Å². The number of fused-ring (bicyclic) bond motifs is 1. The summed E-state index contributed by atoms with van der Waals surface area (Å²) in [4.78, 5) is 26.1. The van der Waals surface area contributed by atoms with Gasteiger partial charge in [-0.1, -0.05) is 17.7 Å². The molecule has 2 aromatic rings. The van der Waals surface area contributed by atoms with Gasteiger partial charge in [-0.15, -0.1) is 11.3 Å². The SMILES string of the molecule is CC(OC(=O)c1cc2c(s1)CCC2)C(=O)Nc1cccc(Cl)c1. The summed E-state index contributed by atoms with van der Waals surface area (Å²) in [5.41, 5.74) is 1.80. The number of amides is 1. The second-order valence-electron chi connectivity index (χ2n) is 5.46. The lowest BCUT2D eigenvalue weighted by atomic mass is 10.2. The van der Waals surface area contributed by atoms with Crippen LogP contribution in [0.1, 0.15) is 33.5 Å². The van der Waals surface area contributed by atoms with Crippen LogP contribution in [0, 0.1) is 0 Å². The molecule has 1 unspecified atom stereocenters. The molecule has 0 fully saturated rings. The fraction of sp³-hybridized carbons (Fsp3) is 0.294. The smallest absolute Gasteiger partial charge is 0.349 e. The Morgan fingerprint density at radius 2 is 2.13 bits per heavy atom. The van der Waals surface area contributed by atoms with Crippen LogP contribution in [0.25, 0.3) is 0 Å². The molecule has 120 valence electrons. The fourth-order valence-electron chi connectivity index (χ4n) is 2.51. The maximum atomic E-state index is 12.2. The predicted molar refractivity (Wildman–Crippen MR) is 91.3 cm³/mol. The fourth-order valence-corrected chi connectivity index (χ4v) is 3.84. The van der Waals surface area contributed by atoms with Gasteiger partial charge in [-0.3, -0.25) is 4.79 Å². The minimum Gasteiger partial charge on any atom is -0.448 e. The molecule has 1 amide bonds. The molecule has 0 radical (unpaired) electrons. The summed E-state index contributed by atoms with van der Waals surface area (Å²) in [5, 5.41) is 3.21. The number of carbonyl (C=O) groups is 2. The minimum absolute atomic E-state index is 0.385. The molecule has 1 N–H and O–H groups in total. The van der Waals surface area contributed by atoms with Gasteiger partial charge in [0.2, 0.25) is 0 Å². The number of ether oxygens (including phenoxy) is 1. The van der Waals surface area contributed by atoms with Gasteiger partial charge in [-0.05, 0) is 56.0 Å². The summed E-state index contributed by atoms with van der Waals surface area (Å²) in [7, 11) is 0. The van der Waals surface area contributed by atoms with Crippen molar-refractivity contribution < 1.29 is 14.3 Å². The van der Waals surface area contributed by atoms with Crippen molar-refractivity contribution in [3.63, 3.8) is 0 Å². The van der Waals surface area contributed by atoms with Gasteiger partial charge in [0.05, 0.1) is 0 Å². The standard InChI is InChI=1S/C17H16ClNO3S/c1-10(16(20)19-13-6-3-5-12(18)9-13)22-17(21)15-8-11-4-2-7-14(11)23-15/h3,5-6,8-10H,2,4,7H2,1H3,(H,19,20). The van der Waals surface area contributed by atoms with E-state index in [0.717, 1.165) is 19.3 Å².